The van der Waals surface area contributed by atoms with Crippen molar-refractivity contribution in [1.29, 1.82) is 0 Å². The van der Waals surface area contributed by atoms with Crippen LogP contribution in [0, 0.1) is 5.92 Å². The third-order valence-corrected chi connectivity index (χ3v) is 4.67. The first-order valence-electron chi connectivity index (χ1n) is 8.22. The van der Waals surface area contributed by atoms with Gasteiger partial charge in [0.25, 0.3) is 0 Å². The molecule has 0 spiro atoms. The second-order valence-corrected chi connectivity index (χ2v) is 6.37. The lowest BCUT2D eigenvalue weighted by molar-refractivity contribution is -0.136. The second-order valence-electron chi connectivity index (χ2n) is 6.37. The van der Waals surface area contributed by atoms with Crippen molar-refractivity contribution in [3.8, 4) is 5.69 Å². The highest BCUT2D eigenvalue weighted by atomic mass is 16.2. The topological polar surface area (TPSA) is 81.2 Å². The van der Waals surface area contributed by atoms with Crippen LogP contribution in [0.4, 0.5) is 0 Å². The summed E-state index contributed by atoms with van der Waals surface area (Å²) in [6.07, 6.45) is 5.51. The molecule has 126 valence electrons. The van der Waals surface area contributed by atoms with Crippen molar-refractivity contribution in [2.75, 3.05) is 6.54 Å². The molecule has 0 bridgehead atoms. The van der Waals surface area contributed by atoms with Crippen LogP contribution in [0.25, 0.3) is 5.69 Å². The zero-order chi connectivity index (χ0) is 17.1. The van der Waals surface area contributed by atoms with Gasteiger partial charge in [0.1, 0.15) is 0 Å². The molecule has 3 rings (SSSR count). The summed E-state index contributed by atoms with van der Waals surface area (Å²) in [7, 11) is 0. The van der Waals surface area contributed by atoms with Gasteiger partial charge < -0.3 is 10.6 Å². The highest BCUT2D eigenvalue weighted by Crippen LogP contribution is 2.22. The zero-order valence-corrected chi connectivity index (χ0v) is 13.8. The van der Waals surface area contributed by atoms with Gasteiger partial charge in [-0.1, -0.05) is 12.1 Å². The van der Waals surface area contributed by atoms with Gasteiger partial charge >= 0.3 is 0 Å². The van der Waals surface area contributed by atoms with Crippen LogP contribution < -0.4 is 5.73 Å². The van der Waals surface area contributed by atoms with E-state index in [2.05, 4.69) is 5.10 Å². The van der Waals surface area contributed by atoms with Crippen molar-refractivity contribution in [2.24, 2.45) is 11.7 Å². The molecule has 24 heavy (non-hydrogen) atoms. The van der Waals surface area contributed by atoms with Gasteiger partial charge in [-0.2, -0.15) is 5.10 Å². The number of hydrogen-bond donors (Lipinski definition) is 1. The first kappa shape index (κ1) is 16.2. The number of carbonyl (C=O) groups excluding carboxylic acids is 2. The third kappa shape index (κ3) is 3.48. The third-order valence-electron chi connectivity index (χ3n) is 4.67. The van der Waals surface area contributed by atoms with Crippen molar-refractivity contribution in [2.45, 2.75) is 32.2 Å². The average Bonchev–Trinajstić information content (AvgIpc) is 3.10. The summed E-state index contributed by atoms with van der Waals surface area (Å²) in [5.41, 5.74) is 7.31. The van der Waals surface area contributed by atoms with Crippen molar-refractivity contribution in [3.05, 3.63) is 48.3 Å². The molecule has 1 fully saturated rings. The van der Waals surface area contributed by atoms with Crippen LogP contribution in [-0.4, -0.2) is 39.1 Å². The Hall–Kier alpha value is -2.63. The molecule has 0 unspecified atom stereocenters. The minimum Gasteiger partial charge on any atom is -0.369 e. The molecule has 2 aromatic rings. The van der Waals surface area contributed by atoms with E-state index in [0.717, 1.165) is 24.1 Å². The van der Waals surface area contributed by atoms with Crippen LogP contribution in [0.2, 0.25) is 0 Å². The molecule has 1 aliphatic rings. The van der Waals surface area contributed by atoms with E-state index in [1.807, 2.05) is 43.5 Å². The number of benzene rings is 1. The highest BCUT2D eigenvalue weighted by molar-refractivity contribution is 5.81. The highest BCUT2D eigenvalue weighted by Gasteiger charge is 2.31. The number of piperidine rings is 1. The summed E-state index contributed by atoms with van der Waals surface area (Å²) in [4.78, 5) is 25.8. The lowest BCUT2D eigenvalue weighted by atomic mass is 9.92. The number of amides is 2. The molecule has 1 aliphatic heterocycles. The van der Waals surface area contributed by atoms with Gasteiger partial charge in [0.15, 0.2) is 0 Å². The van der Waals surface area contributed by atoms with Crippen LogP contribution in [0.1, 0.15) is 25.3 Å². The Balaban J connectivity index is 1.66. The number of likely N-dealkylation sites (tertiary alicyclic amines) is 1. The van der Waals surface area contributed by atoms with Crippen LogP contribution >= 0.6 is 0 Å². The predicted octanol–water partition coefficient (Wildman–Crippen LogP) is 1.53. The standard InChI is InChI=1S/C18H22N4O2/c1-13-3-6-15(18(19)24)12-21(13)17(23)11-14-4-7-16(8-5-14)22-10-2-9-20-22/h2,4-5,7-10,13,15H,3,6,11-12H2,1H3,(H2,19,24)/t13-,15-/m0/s1. The lowest BCUT2D eigenvalue weighted by Crippen LogP contribution is -2.49. The monoisotopic (exact) mass is 326 g/mol. The number of primary amides is 1. The molecular formula is C18H22N4O2. The molecule has 0 radical (unpaired) electrons. The van der Waals surface area contributed by atoms with Gasteiger partial charge in [-0.15, -0.1) is 0 Å². The second kappa shape index (κ2) is 6.86. The van der Waals surface area contributed by atoms with E-state index in [1.165, 1.54) is 0 Å². The van der Waals surface area contributed by atoms with Gasteiger partial charge in [-0.05, 0) is 43.5 Å². The zero-order valence-electron chi connectivity index (χ0n) is 13.8. The van der Waals surface area contributed by atoms with E-state index in [9.17, 15) is 9.59 Å². The first-order valence-corrected chi connectivity index (χ1v) is 8.22. The summed E-state index contributed by atoms with van der Waals surface area (Å²) in [5, 5.41) is 4.18. The van der Waals surface area contributed by atoms with Crippen LogP contribution in [0.3, 0.4) is 0 Å². The molecule has 2 N–H and O–H groups in total. The van der Waals surface area contributed by atoms with Gasteiger partial charge in [-0.3, -0.25) is 9.59 Å². The van der Waals surface area contributed by atoms with Crippen LogP contribution in [-0.2, 0) is 16.0 Å². The van der Waals surface area contributed by atoms with E-state index >= 15 is 0 Å². The molecule has 1 aromatic carbocycles. The fraction of sp³-hybridized carbons (Fsp3) is 0.389. The molecule has 2 heterocycles. The van der Waals surface area contributed by atoms with E-state index in [-0.39, 0.29) is 23.8 Å². The Kier molecular flexibility index (Phi) is 4.64. The Labute approximate surface area is 141 Å². The summed E-state index contributed by atoms with van der Waals surface area (Å²) >= 11 is 0. The molecule has 1 saturated heterocycles. The number of nitrogens with two attached hydrogens (primary N) is 1. The molecule has 0 aliphatic carbocycles. The number of rotatable bonds is 4. The number of aromatic nitrogens is 2. The molecule has 2 amide bonds. The maximum Gasteiger partial charge on any atom is 0.227 e. The van der Waals surface area contributed by atoms with Gasteiger partial charge in [0, 0.05) is 25.0 Å². The number of carbonyl (C=O) groups is 2. The first-order chi connectivity index (χ1) is 11.5. The molecule has 6 nitrogen and oxygen atoms in total. The van der Waals surface area contributed by atoms with Crippen LogP contribution in [0.5, 0.6) is 0 Å². The fourth-order valence-electron chi connectivity index (χ4n) is 3.15. The van der Waals surface area contributed by atoms with Crippen molar-refractivity contribution < 1.29 is 9.59 Å². The summed E-state index contributed by atoms with van der Waals surface area (Å²) in [6, 6.07) is 9.79. The van der Waals surface area contributed by atoms with Gasteiger partial charge in [0.05, 0.1) is 18.0 Å². The van der Waals surface area contributed by atoms with Gasteiger partial charge in [-0.25, -0.2) is 4.68 Å². The maximum absolute atomic E-state index is 12.6. The predicted molar refractivity (Wildman–Crippen MR) is 90.4 cm³/mol. The molecule has 1 aromatic heterocycles. The quantitative estimate of drug-likeness (QED) is 0.925. The SMILES string of the molecule is C[C@H]1CC[C@H](C(N)=O)CN1C(=O)Cc1ccc(-n2cccn2)cc1. The molecule has 6 heteroatoms. The summed E-state index contributed by atoms with van der Waals surface area (Å²) in [6.45, 7) is 2.45. The Morgan fingerprint density at radius 2 is 2.00 bits per heavy atom. The smallest absolute Gasteiger partial charge is 0.227 e. The Morgan fingerprint density at radius 1 is 1.25 bits per heavy atom. The number of hydrogen-bond acceptors (Lipinski definition) is 3. The normalized spacial score (nSPS) is 20.8. The summed E-state index contributed by atoms with van der Waals surface area (Å²) in [5.74, 6) is -0.504. The van der Waals surface area contributed by atoms with Crippen molar-refractivity contribution in [3.63, 3.8) is 0 Å². The van der Waals surface area contributed by atoms with Gasteiger partial charge in [0.2, 0.25) is 11.8 Å². The molecule has 0 saturated carbocycles. The maximum atomic E-state index is 12.6. The van der Waals surface area contributed by atoms with E-state index in [0.29, 0.717) is 13.0 Å². The van der Waals surface area contributed by atoms with E-state index < -0.39 is 0 Å². The fourth-order valence-corrected chi connectivity index (χ4v) is 3.15. The van der Waals surface area contributed by atoms with Crippen molar-refractivity contribution >= 4 is 11.8 Å². The molecule has 2 atom stereocenters. The largest absolute Gasteiger partial charge is 0.369 e. The molecular weight excluding hydrogens is 304 g/mol. The van der Waals surface area contributed by atoms with Crippen molar-refractivity contribution in [1.82, 2.24) is 14.7 Å². The Morgan fingerprint density at radius 3 is 2.62 bits per heavy atom. The average molecular weight is 326 g/mol. The Bertz CT molecular complexity index is 709. The number of nitrogens with zero attached hydrogens (tertiary/aromatic N) is 3. The summed E-state index contributed by atoms with van der Waals surface area (Å²) < 4.78 is 1.77. The lowest BCUT2D eigenvalue weighted by Gasteiger charge is -2.37. The van der Waals surface area contributed by atoms with Crippen LogP contribution in [0.15, 0.2) is 42.7 Å². The minimum absolute atomic E-state index is 0.0419. The van der Waals surface area contributed by atoms with E-state index in [1.54, 1.807) is 15.8 Å². The minimum atomic E-state index is -0.316. The van der Waals surface area contributed by atoms with E-state index in [4.69, 9.17) is 5.73 Å².